The van der Waals surface area contributed by atoms with Crippen molar-refractivity contribution in [2.45, 2.75) is 70.9 Å². The molecule has 4 heteroatoms. The van der Waals surface area contributed by atoms with E-state index in [-0.39, 0.29) is 5.91 Å². The lowest BCUT2D eigenvalue weighted by atomic mass is 9.78. The molecule has 1 aliphatic heterocycles. The molecule has 2 aromatic carbocycles. The molecule has 2 aliphatic rings. The predicted molar refractivity (Wildman–Crippen MR) is 141 cm³/mol. The van der Waals surface area contributed by atoms with Crippen molar-refractivity contribution in [3.8, 4) is 11.1 Å². The summed E-state index contributed by atoms with van der Waals surface area (Å²) in [5.74, 6) is 1.52. The number of fused-ring (bicyclic) bond motifs is 2. The number of nitrogens with one attached hydrogen (secondary N) is 1. The van der Waals surface area contributed by atoms with E-state index in [0.29, 0.717) is 12.5 Å². The SMILES string of the molecule is CC(C)c1ccc(-c2ccc3ccn(CC(=O)NCCN4CCCC5CCCCC54)c3c2)cc1. The molecule has 0 bridgehead atoms. The number of aromatic nitrogens is 1. The van der Waals surface area contributed by atoms with E-state index in [1.54, 1.807) is 0 Å². The fourth-order valence-electron chi connectivity index (χ4n) is 6.12. The zero-order valence-corrected chi connectivity index (χ0v) is 20.8. The van der Waals surface area contributed by atoms with Gasteiger partial charge in [0.1, 0.15) is 6.54 Å². The molecule has 1 aromatic heterocycles. The fraction of sp³-hybridized carbons (Fsp3) is 0.500. The number of hydrogen-bond donors (Lipinski definition) is 1. The summed E-state index contributed by atoms with van der Waals surface area (Å²) >= 11 is 0. The first-order chi connectivity index (χ1) is 16.6. The lowest BCUT2D eigenvalue weighted by Gasteiger charge is -2.44. The standard InChI is InChI=1S/C30H39N3O/c1-22(2)23-9-11-24(12-10-23)27-14-13-26-15-18-33(29(26)20-27)21-30(34)31-16-19-32-17-5-7-25-6-3-4-8-28(25)32/h9-15,18,20,22,25,28H,3-8,16-17,19,21H2,1-2H3,(H,31,34). The number of benzene rings is 2. The van der Waals surface area contributed by atoms with Gasteiger partial charge in [0.05, 0.1) is 0 Å². The number of rotatable bonds is 7. The van der Waals surface area contributed by atoms with Crippen molar-refractivity contribution in [2.24, 2.45) is 5.92 Å². The number of hydrogen-bond acceptors (Lipinski definition) is 2. The summed E-state index contributed by atoms with van der Waals surface area (Å²) in [4.78, 5) is 15.4. The van der Waals surface area contributed by atoms with Crippen molar-refractivity contribution >= 4 is 16.8 Å². The van der Waals surface area contributed by atoms with Crippen LogP contribution >= 0.6 is 0 Å². The van der Waals surface area contributed by atoms with Gasteiger partial charge in [-0.1, -0.05) is 63.1 Å². The third-order valence-electron chi connectivity index (χ3n) is 8.08. The van der Waals surface area contributed by atoms with E-state index in [0.717, 1.165) is 30.6 Å². The molecular weight excluding hydrogens is 418 g/mol. The molecule has 180 valence electrons. The molecule has 1 saturated carbocycles. The number of carbonyl (C=O) groups excluding carboxylic acids is 1. The summed E-state index contributed by atoms with van der Waals surface area (Å²) in [7, 11) is 0. The highest BCUT2D eigenvalue weighted by molar-refractivity contribution is 5.87. The van der Waals surface area contributed by atoms with E-state index in [1.807, 2.05) is 6.20 Å². The molecule has 5 rings (SSSR count). The van der Waals surface area contributed by atoms with Crippen LogP contribution in [0.15, 0.2) is 54.7 Å². The highest BCUT2D eigenvalue weighted by Gasteiger charge is 2.32. The van der Waals surface area contributed by atoms with E-state index < -0.39 is 0 Å². The Hall–Kier alpha value is -2.59. The van der Waals surface area contributed by atoms with Gasteiger partial charge in [-0.2, -0.15) is 0 Å². The lowest BCUT2D eigenvalue weighted by molar-refractivity contribution is -0.121. The second-order valence-electron chi connectivity index (χ2n) is 10.6. The maximum absolute atomic E-state index is 12.8. The zero-order chi connectivity index (χ0) is 23.5. The van der Waals surface area contributed by atoms with Crippen LogP contribution in [0, 0.1) is 5.92 Å². The van der Waals surface area contributed by atoms with Gasteiger partial charge in [-0.05, 0) is 78.3 Å². The quantitative estimate of drug-likeness (QED) is 0.458. The van der Waals surface area contributed by atoms with Crippen LogP contribution in [0.3, 0.4) is 0 Å². The van der Waals surface area contributed by atoms with Crippen LogP contribution in [-0.2, 0) is 11.3 Å². The molecular formula is C30H39N3O. The summed E-state index contributed by atoms with van der Waals surface area (Å²) in [6.45, 7) is 7.73. The van der Waals surface area contributed by atoms with Crippen LogP contribution < -0.4 is 5.32 Å². The average Bonchev–Trinajstić information content (AvgIpc) is 3.26. The summed E-state index contributed by atoms with van der Waals surface area (Å²) in [5, 5.41) is 4.36. The molecule has 34 heavy (non-hydrogen) atoms. The van der Waals surface area contributed by atoms with Crippen LogP contribution in [0.25, 0.3) is 22.0 Å². The van der Waals surface area contributed by atoms with E-state index in [1.165, 1.54) is 67.1 Å². The number of nitrogens with zero attached hydrogens (tertiary/aromatic N) is 2. The molecule has 2 heterocycles. The van der Waals surface area contributed by atoms with E-state index in [9.17, 15) is 4.79 Å². The topological polar surface area (TPSA) is 37.3 Å². The Morgan fingerprint density at radius 1 is 0.971 bits per heavy atom. The first kappa shape index (κ1) is 23.2. The third kappa shape index (κ3) is 5.07. The first-order valence-corrected chi connectivity index (χ1v) is 13.3. The van der Waals surface area contributed by atoms with Crippen molar-refractivity contribution in [1.29, 1.82) is 0 Å². The number of carbonyl (C=O) groups is 1. The molecule has 0 spiro atoms. The minimum atomic E-state index is 0.0985. The maximum atomic E-state index is 12.8. The van der Waals surface area contributed by atoms with Gasteiger partial charge < -0.3 is 9.88 Å². The lowest BCUT2D eigenvalue weighted by Crippen LogP contribution is -2.49. The van der Waals surface area contributed by atoms with E-state index in [2.05, 4.69) is 77.2 Å². The second kappa shape index (κ2) is 10.4. The van der Waals surface area contributed by atoms with Crippen molar-refractivity contribution in [3.05, 3.63) is 60.3 Å². The Morgan fingerprint density at radius 3 is 2.56 bits per heavy atom. The van der Waals surface area contributed by atoms with E-state index >= 15 is 0 Å². The summed E-state index contributed by atoms with van der Waals surface area (Å²) in [5.41, 5.74) is 4.87. The molecule has 3 aromatic rings. The van der Waals surface area contributed by atoms with Crippen LogP contribution in [0.5, 0.6) is 0 Å². The van der Waals surface area contributed by atoms with Crippen molar-refractivity contribution in [2.75, 3.05) is 19.6 Å². The second-order valence-corrected chi connectivity index (χ2v) is 10.6. The fourth-order valence-corrected chi connectivity index (χ4v) is 6.12. The minimum Gasteiger partial charge on any atom is -0.353 e. The molecule has 2 unspecified atom stereocenters. The first-order valence-electron chi connectivity index (χ1n) is 13.3. The summed E-state index contributed by atoms with van der Waals surface area (Å²) in [6, 6.07) is 18.2. The van der Waals surface area contributed by atoms with Gasteiger partial charge in [-0.3, -0.25) is 9.69 Å². The predicted octanol–water partition coefficient (Wildman–Crippen LogP) is 6.20. The van der Waals surface area contributed by atoms with Crippen LogP contribution in [0.1, 0.15) is 63.9 Å². The molecule has 2 atom stereocenters. The Balaban J connectivity index is 1.20. The monoisotopic (exact) mass is 457 g/mol. The van der Waals surface area contributed by atoms with Gasteiger partial charge in [0.25, 0.3) is 0 Å². The van der Waals surface area contributed by atoms with Crippen LogP contribution in [0.2, 0.25) is 0 Å². The number of piperidine rings is 1. The molecule has 1 aliphatic carbocycles. The average molecular weight is 458 g/mol. The largest absolute Gasteiger partial charge is 0.353 e. The molecule has 0 radical (unpaired) electrons. The van der Waals surface area contributed by atoms with Gasteiger partial charge in [-0.25, -0.2) is 0 Å². The molecule has 1 amide bonds. The Morgan fingerprint density at radius 2 is 1.74 bits per heavy atom. The van der Waals surface area contributed by atoms with E-state index in [4.69, 9.17) is 0 Å². The van der Waals surface area contributed by atoms with Crippen molar-refractivity contribution in [1.82, 2.24) is 14.8 Å². The van der Waals surface area contributed by atoms with Gasteiger partial charge in [0, 0.05) is 30.8 Å². The Bertz CT molecular complexity index is 1110. The zero-order valence-electron chi connectivity index (χ0n) is 20.8. The number of likely N-dealkylation sites (tertiary alicyclic amines) is 1. The Kier molecular flexibility index (Phi) is 7.05. The summed E-state index contributed by atoms with van der Waals surface area (Å²) < 4.78 is 2.08. The van der Waals surface area contributed by atoms with Crippen LogP contribution in [-0.4, -0.2) is 41.1 Å². The smallest absolute Gasteiger partial charge is 0.239 e. The van der Waals surface area contributed by atoms with Gasteiger partial charge in [0.2, 0.25) is 5.91 Å². The van der Waals surface area contributed by atoms with Gasteiger partial charge in [0.15, 0.2) is 0 Å². The van der Waals surface area contributed by atoms with Crippen molar-refractivity contribution in [3.63, 3.8) is 0 Å². The van der Waals surface area contributed by atoms with Gasteiger partial charge in [-0.15, -0.1) is 0 Å². The Labute approximate surface area is 204 Å². The van der Waals surface area contributed by atoms with Crippen molar-refractivity contribution < 1.29 is 4.79 Å². The molecule has 1 N–H and O–H groups in total. The summed E-state index contributed by atoms with van der Waals surface area (Å²) in [6.07, 6.45) is 10.3. The normalized spacial score (nSPS) is 21.0. The molecule has 2 fully saturated rings. The van der Waals surface area contributed by atoms with Gasteiger partial charge >= 0.3 is 0 Å². The number of amides is 1. The highest BCUT2D eigenvalue weighted by atomic mass is 16.1. The molecule has 4 nitrogen and oxygen atoms in total. The van der Waals surface area contributed by atoms with Crippen LogP contribution in [0.4, 0.5) is 0 Å². The third-order valence-corrected chi connectivity index (χ3v) is 8.08. The molecule has 1 saturated heterocycles. The minimum absolute atomic E-state index is 0.0985. The maximum Gasteiger partial charge on any atom is 0.239 e. The highest BCUT2D eigenvalue weighted by Crippen LogP contribution is 2.35.